The molecule has 34 heavy (non-hydrogen) atoms. The Kier molecular flexibility index (Phi) is 5.54. The van der Waals surface area contributed by atoms with Crippen LogP contribution in [0.4, 0.5) is 5.69 Å². The summed E-state index contributed by atoms with van der Waals surface area (Å²) in [4.78, 5) is 36.1. The molecule has 0 N–H and O–H groups in total. The van der Waals surface area contributed by atoms with Gasteiger partial charge in [0.15, 0.2) is 5.16 Å². The van der Waals surface area contributed by atoms with Crippen molar-refractivity contribution in [2.75, 3.05) is 10.7 Å². The minimum atomic E-state index is -0.0227. The topological polar surface area (TPSA) is 55.2 Å². The molecule has 1 atom stereocenters. The molecule has 1 amide bonds. The number of carbonyl (C=O) groups excluding carboxylic acids is 1. The summed E-state index contributed by atoms with van der Waals surface area (Å²) in [6.07, 6.45) is 5.11. The van der Waals surface area contributed by atoms with Gasteiger partial charge in [0.1, 0.15) is 4.83 Å². The van der Waals surface area contributed by atoms with Gasteiger partial charge in [-0.05, 0) is 68.4 Å². The van der Waals surface area contributed by atoms with Gasteiger partial charge in [0.05, 0.1) is 16.8 Å². The molecule has 4 aromatic rings. The van der Waals surface area contributed by atoms with Crippen LogP contribution in [0.5, 0.6) is 0 Å². The molecule has 0 bridgehead atoms. The van der Waals surface area contributed by atoms with Gasteiger partial charge in [0.25, 0.3) is 5.56 Å². The van der Waals surface area contributed by atoms with Crippen LogP contribution in [0.2, 0.25) is 0 Å². The highest BCUT2D eigenvalue weighted by atomic mass is 32.2. The Bertz CT molecular complexity index is 1460. The number of carbonyl (C=O) groups is 1. The van der Waals surface area contributed by atoms with Crippen LogP contribution in [-0.2, 0) is 24.1 Å². The molecule has 7 heteroatoms. The van der Waals surface area contributed by atoms with Gasteiger partial charge in [-0.1, -0.05) is 48.2 Å². The Balaban J connectivity index is 1.39. The number of hydrogen-bond acceptors (Lipinski definition) is 5. The normalized spacial score (nSPS) is 17.1. The Labute approximate surface area is 206 Å². The number of amides is 1. The minimum Gasteiger partial charge on any atom is -0.308 e. The van der Waals surface area contributed by atoms with E-state index in [1.54, 1.807) is 15.9 Å². The summed E-state index contributed by atoms with van der Waals surface area (Å²) in [5.41, 5.74) is 4.15. The second kappa shape index (κ2) is 8.71. The van der Waals surface area contributed by atoms with Gasteiger partial charge in [0.2, 0.25) is 5.91 Å². The van der Waals surface area contributed by atoms with E-state index in [-0.39, 0.29) is 23.3 Å². The first kappa shape index (κ1) is 21.6. The maximum Gasteiger partial charge on any atom is 0.267 e. The number of aromatic nitrogens is 2. The number of thiophene rings is 1. The van der Waals surface area contributed by atoms with Crippen molar-refractivity contribution in [3.8, 4) is 5.69 Å². The van der Waals surface area contributed by atoms with Crippen LogP contribution < -0.4 is 10.5 Å². The summed E-state index contributed by atoms with van der Waals surface area (Å²) in [7, 11) is 0. The molecule has 2 aromatic heterocycles. The number of fused-ring (bicyclic) bond motifs is 4. The van der Waals surface area contributed by atoms with Crippen LogP contribution in [-0.4, -0.2) is 27.3 Å². The van der Waals surface area contributed by atoms with Crippen LogP contribution in [0.1, 0.15) is 35.8 Å². The SMILES string of the molecule is CC1Cc2ccccc2N1C(=O)CSc1nc2sc3c(c2c(=O)n1-c1ccccc1)CCCC3. The average molecular weight is 488 g/mol. The van der Waals surface area contributed by atoms with Crippen LogP contribution in [0.3, 0.4) is 0 Å². The Morgan fingerprint density at radius 2 is 1.85 bits per heavy atom. The first-order valence-corrected chi connectivity index (χ1v) is 13.6. The maximum absolute atomic E-state index is 13.8. The van der Waals surface area contributed by atoms with E-state index in [0.29, 0.717) is 5.16 Å². The van der Waals surface area contributed by atoms with Crippen LogP contribution in [0.25, 0.3) is 15.9 Å². The molecule has 172 valence electrons. The van der Waals surface area contributed by atoms with Crippen molar-refractivity contribution in [2.24, 2.45) is 0 Å². The molecule has 1 aliphatic heterocycles. The molecule has 5 nitrogen and oxygen atoms in total. The van der Waals surface area contributed by atoms with E-state index in [9.17, 15) is 9.59 Å². The predicted octanol–water partition coefficient (Wildman–Crippen LogP) is 5.40. The van der Waals surface area contributed by atoms with E-state index in [0.717, 1.165) is 53.7 Å². The highest BCUT2D eigenvalue weighted by Gasteiger charge is 2.31. The summed E-state index contributed by atoms with van der Waals surface area (Å²) < 4.78 is 1.70. The molecule has 1 unspecified atom stereocenters. The third-order valence-electron chi connectivity index (χ3n) is 6.77. The third-order valence-corrected chi connectivity index (χ3v) is 8.88. The van der Waals surface area contributed by atoms with Crippen LogP contribution in [0, 0.1) is 0 Å². The molecule has 1 aliphatic carbocycles. The van der Waals surface area contributed by atoms with Crippen molar-refractivity contribution in [3.05, 3.63) is 81.0 Å². The summed E-state index contributed by atoms with van der Waals surface area (Å²) >= 11 is 3.01. The minimum absolute atomic E-state index is 0.0227. The zero-order valence-electron chi connectivity index (χ0n) is 19.0. The molecule has 2 aliphatic rings. The van der Waals surface area contributed by atoms with Gasteiger partial charge < -0.3 is 4.90 Å². The van der Waals surface area contributed by atoms with Crippen molar-refractivity contribution in [2.45, 2.75) is 50.2 Å². The molecule has 2 aromatic carbocycles. The number of rotatable bonds is 4. The van der Waals surface area contributed by atoms with E-state index in [1.807, 2.05) is 53.4 Å². The second-order valence-electron chi connectivity index (χ2n) is 9.00. The Morgan fingerprint density at radius 1 is 1.09 bits per heavy atom. The van der Waals surface area contributed by atoms with Gasteiger partial charge in [-0.2, -0.15) is 0 Å². The number of nitrogens with zero attached hydrogens (tertiary/aromatic N) is 3. The number of anilines is 1. The zero-order valence-corrected chi connectivity index (χ0v) is 20.6. The Morgan fingerprint density at radius 3 is 2.71 bits per heavy atom. The maximum atomic E-state index is 13.8. The highest BCUT2D eigenvalue weighted by molar-refractivity contribution is 7.99. The molecule has 0 saturated heterocycles. The van der Waals surface area contributed by atoms with Crippen molar-refractivity contribution in [1.82, 2.24) is 9.55 Å². The van der Waals surface area contributed by atoms with Crippen molar-refractivity contribution in [3.63, 3.8) is 0 Å². The largest absolute Gasteiger partial charge is 0.308 e. The standard InChI is InChI=1S/C27H25N3O2S2/c1-17-15-18-9-5-7-13-21(18)29(17)23(31)16-33-27-28-25-24(20-12-6-8-14-22(20)34-25)26(32)30(27)19-10-3-2-4-11-19/h2-5,7,9-11,13,17H,6,8,12,14-16H2,1H3. The van der Waals surface area contributed by atoms with Crippen molar-refractivity contribution >= 4 is 44.9 Å². The van der Waals surface area contributed by atoms with Gasteiger partial charge >= 0.3 is 0 Å². The number of para-hydroxylation sites is 2. The molecular weight excluding hydrogens is 462 g/mol. The van der Waals surface area contributed by atoms with E-state index < -0.39 is 0 Å². The lowest BCUT2D eigenvalue weighted by Gasteiger charge is -2.22. The number of thioether (sulfide) groups is 1. The molecular formula is C27H25N3O2S2. The third kappa shape index (κ3) is 3.58. The zero-order chi connectivity index (χ0) is 23.2. The summed E-state index contributed by atoms with van der Waals surface area (Å²) in [5, 5.41) is 1.34. The smallest absolute Gasteiger partial charge is 0.267 e. The van der Waals surface area contributed by atoms with Crippen LogP contribution >= 0.6 is 23.1 Å². The molecule has 0 saturated carbocycles. The van der Waals surface area contributed by atoms with Crippen molar-refractivity contribution in [1.29, 1.82) is 0 Å². The van der Waals surface area contributed by atoms with E-state index in [2.05, 4.69) is 13.0 Å². The summed E-state index contributed by atoms with van der Waals surface area (Å²) in [6.45, 7) is 2.09. The fraction of sp³-hybridized carbons (Fsp3) is 0.296. The Hall–Kier alpha value is -2.90. The summed E-state index contributed by atoms with van der Waals surface area (Å²) in [5.74, 6) is 0.274. The van der Waals surface area contributed by atoms with Gasteiger partial charge in [-0.3, -0.25) is 14.2 Å². The second-order valence-corrected chi connectivity index (χ2v) is 11.0. The number of benzene rings is 2. The first-order valence-electron chi connectivity index (χ1n) is 11.8. The fourth-order valence-corrected chi connectivity index (χ4v) is 7.40. The van der Waals surface area contributed by atoms with Crippen LogP contribution in [0.15, 0.2) is 64.5 Å². The predicted molar refractivity (Wildman–Crippen MR) is 140 cm³/mol. The number of aryl methyl sites for hydroxylation is 2. The lowest BCUT2D eigenvalue weighted by atomic mass is 9.97. The number of hydrogen-bond donors (Lipinski definition) is 0. The fourth-order valence-electron chi connectivity index (χ4n) is 5.23. The monoisotopic (exact) mass is 487 g/mol. The molecule has 0 spiro atoms. The van der Waals surface area contributed by atoms with E-state index >= 15 is 0 Å². The lowest BCUT2D eigenvalue weighted by Crippen LogP contribution is -2.37. The lowest BCUT2D eigenvalue weighted by molar-refractivity contribution is -0.116. The molecule has 3 heterocycles. The van der Waals surface area contributed by atoms with E-state index in [4.69, 9.17) is 4.98 Å². The van der Waals surface area contributed by atoms with Gasteiger partial charge in [0, 0.05) is 16.6 Å². The summed E-state index contributed by atoms with van der Waals surface area (Å²) in [6, 6.07) is 17.9. The first-order chi connectivity index (χ1) is 16.6. The van der Waals surface area contributed by atoms with Gasteiger partial charge in [-0.25, -0.2) is 4.98 Å². The molecule has 6 rings (SSSR count). The van der Waals surface area contributed by atoms with Crippen molar-refractivity contribution < 1.29 is 4.79 Å². The average Bonchev–Trinajstić information content (AvgIpc) is 3.39. The van der Waals surface area contributed by atoms with E-state index in [1.165, 1.54) is 27.8 Å². The highest BCUT2D eigenvalue weighted by Crippen LogP contribution is 2.36. The molecule has 0 radical (unpaired) electrons. The van der Waals surface area contributed by atoms with Gasteiger partial charge in [-0.15, -0.1) is 11.3 Å². The molecule has 0 fully saturated rings. The quantitative estimate of drug-likeness (QED) is 0.286.